The van der Waals surface area contributed by atoms with Gasteiger partial charge in [0, 0.05) is 38.9 Å². The monoisotopic (exact) mass is 326 g/mol. The molecule has 2 aliphatic heterocycles. The van der Waals surface area contributed by atoms with E-state index in [4.69, 9.17) is 9.47 Å². The van der Waals surface area contributed by atoms with Gasteiger partial charge in [-0.05, 0) is 36.1 Å². The zero-order valence-electron chi connectivity index (χ0n) is 12.8. The van der Waals surface area contributed by atoms with E-state index in [0.29, 0.717) is 25.0 Å². The number of nitrogens with one attached hydrogen (secondary N) is 1. The number of halogens is 1. The molecule has 0 bridgehead atoms. The lowest BCUT2D eigenvalue weighted by atomic mass is 10.0. The Bertz CT molecular complexity index is 483. The lowest BCUT2D eigenvalue weighted by Crippen LogP contribution is -2.31. The van der Waals surface area contributed by atoms with E-state index in [1.807, 2.05) is 29.2 Å². The van der Waals surface area contributed by atoms with Crippen LogP contribution in [0.15, 0.2) is 24.3 Å². The molecule has 0 aromatic heterocycles. The maximum atomic E-state index is 12.5. The summed E-state index contributed by atoms with van der Waals surface area (Å²) in [5.41, 5.74) is 0.738. The minimum Gasteiger partial charge on any atom is -0.491 e. The second-order valence-corrected chi connectivity index (χ2v) is 5.75. The second kappa shape index (κ2) is 7.81. The maximum absolute atomic E-state index is 12.5. The van der Waals surface area contributed by atoms with Crippen LogP contribution in [-0.2, 0) is 4.74 Å². The lowest BCUT2D eigenvalue weighted by molar-refractivity contribution is 0.0781. The van der Waals surface area contributed by atoms with E-state index in [-0.39, 0.29) is 18.3 Å². The minimum atomic E-state index is 0. The van der Waals surface area contributed by atoms with E-state index < -0.39 is 0 Å². The summed E-state index contributed by atoms with van der Waals surface area (Å²) in [4.78, 5) is 14.5. The van der Waals surface area contributed by atoms with E-state index in [1.54, 1.807) is 7.11 Å². The van der Waals surface area contributed by atoms with Crippen LogP contribution in [0.1, 0.15) is 10.4 Å². The fourth-order valence-corrected chi connectivity index (χ4v) is 3.14. The fourth-order valence-electron chi connectivity index (χ4n) is 3.14. The number of carbonyl (C=O) groups is 1. The van der Waals surface area contributed by atoms with Gasteiger partial charge in [-0.25, -0.2) is 0 Å². The fraction of sp³-hybridized carbons (Fsp3) is 0.562. The Labute approximate surface area is 137 Å². The van der Waals surface area contributed by atoms with Gasteiger partial charge in [0.2, 0.25) is 0 Å². The van der Waals surface area contributed by atoms with Crippen LogP contribution in [-0.4, -0.2) is 57.3 Å². The van der Waals surface area contributed by atoms with Crippen LogP contribution >= 0.6 is 12.4 Å². The van der Waals surface area contributed by atoms with Gasteiger partial charge in [-0.1, -0.05) is 0 Å². The Morgan fingerprint density at radius 3 is 2.41 bits per heavy atom. The van der Waals surface area contributed by atoms with Crippen molar-refractivity contribution in [1.82, 2.24) is 10.2 Å². The summed E-state index contributed by atoms with van der Waals surface area (Å²) in [5.74, 6) is 2.16. The number of rotatable bonds is 5. The molecule has 2 aliphatic rings. The third-order valence-electron chi connectivity index (χ3n) is 4.33. The molecule has 2 saturated heterocycles. The Balaban J connectivity index is 0.00000176. The van der Waals surface area contributed by atoms with Crippen LogP contribution in [0.5, 0.6) is 5.75 Å². The first-order valence-electron chi connectivity index (χ1n) is 7.49. The van der Waals surface area contributed by atoms with Crippen molar-refractivity contribution in [1.29, 1.82) is 0 Å². The molecular weight excluding hydrogens is 304 g/mol. The topological polar surface area (TPSA) is 50.8 Å². The number of ether oxygens (including phenoxy) is 2. The summed E-state index contributed by atoms with van der Waals surface area (Å²) in [6.45, 7) is 4.92. The van der Waals surface area contributed by atoms with Crippen molar-refractivity contribution in [3.05, 3.63) is 29.8 Å². The van der Waals surface area contributed by atoms with E-state index >= 15 is 0 Å². The molecule has 0 saturated carbocycles. The van der Waals surface area contributed by atoms with Gasteiger partial charge in [0.1, 0.15) is 12.4 Å². The molecule has 2 heterocycles. The Morgan fingerprint density at radius 2 is 1.82 bits per heavy atom. The molecule has 22 heavy (non-hydrogen) atoms. The van der Waals surface area contributed by atoms with Gasteiger partial charge in [-0.2, -0.15) is 0 Å². The normalized spacial score (nSPS) is 23.0. The first-order valence-corrected chi connectivity index (χ1v) is 7.49. The van der Waals surface area contributed by atoms with Crippen LogP contribution in [0.4, 0.5) is 0 Å². The number of carbonyl (C=O) groups excluding carboxylic acids is 1. The highest BCUT2D eigenvalue weighted by Gasteiger charge is 2.38. The average Bonchev–Trinajstić information content (AvgIpc) is 3.09. The summed E-state index contributed by atoms with van der Waals surface area (Å²) < 4.78 is 10.4. The Hall–Kier alpha value is -1.30. The van der Waals surface area contributed by atoms with Gasteiger partial charge >= 0.3 is 0 Å². The molecule has 0 aliphatic carbocycles. The molecule has 0 unspecified atom stereocenters. The molecule has 3 rings (SSSR count). The highest BCUT2D eigenvalue weighted by molar-refractivity contribution is 5.94. The van der Waals surface area contributed by atoms with Gasteiger partial charge in [-0.3, -0.25) is 4.79 Å². The van der Waals surface area contributed by atoms with Crippen LogP contribution in [0, 0.1) is 11.8 Å². The van der Waals surface area contributed by atoms with Gasteiger partial charge in [0.25, 0.3) is 5.91 Å². The van der Waals surface area contributed by atoms with Gasteiger partial charge in [-0.15, -0.1) is 12.4 Å². The number of fused-ring (bicyclic) bond motifs is 1. The molecule has 0 spiro atoms. The van der Waals surface area contributed by atoms with Crippen LogP contribution in [0.25, 0.3) is 0 Å². The van der Waals surface area contributed by atoms with E-state index in [1.165, 1.54) is 0 Å². The van der Waals surface area contributed by atoms with Gasteiger partial charge < -0.3 is 19.7 Å². The van der Waals surface area contributed by atoms with Crippen LogP contribution in [0.3, 0.4) is 0 Å². The number of benzene rings is 1. The first-order chi connectivity index (χ1) is 10.3. The molecule has 2 atom stereocenters. The van der Waals surface area contributed by atoms with E-state index in [2.05, 4.69) is 5.32 Å². The van der Waals surface area contributed by atoms with Crippen LogP contribution < -0.4 is 10.1 Å². The van der Waals surface area contributed by atoms with Crippen molar-refractivity contribution in [2.45, 2.75) is 0 Å². The van der Waals surface area contributed by atoms with E-state index in [0.717, 1.165) is 37.5 Å². The third-order valence-corrected chi connectivity index (χ3v) is 4.33. The molecule has 1 aromatic carbocycles. The standard InChI is InChI=1S/C16H22N2O3.ClH/c1-20-6-7-21-15-4-2-12(3-5-15)16(19)18-10-13-8-17-9-14(13)11-18;/h2-5,13-14,17H,6-11H2,1H3;1H/t13-,14+;. The summed E-state index contributed by atoms with van der Waals surface area (Å²) in [7, 11) is 1.64. The first kappa shape index (κ1) is 17.1. The van der Waals surface area contributed by atoms with Crippen molar-refractivity contribution < 1.29 is 14.3 Å². The minimum absolute atomic E-state index is 0. The summed E-state index contributed by atoms with van der Waals surface area (Å²) in [5, 5.41) is 3.39. The highest BCUT2D eigenvalue weighted by Crippen LogP contribution is 2.27. The molecule has 0 radical (unpaired) electrons. The molecule has 6 heteroatoms. The number of hydrogen-bond donors (Lipinski definition) is 1. The van der Waals surface area contributed by atoms with E-state index in [9.17, 15) is 4.79 Å². The molecular formula is C16H23ClN2O3. The summed E-state index contributed by atoms with van der Waals surface area (Å²) >= 11 is 0. The molecule has 1 aromatic rings. The highest BCUT2D eigenvalue weighted by atomic mass is 35.5. The zero-order valence-corrected chi connectivity index (χ0v) is 13.6. The SMILES string of the molecule is COCCOc1ccc(C(=O)N2C[C@H]3CNC[C@H]3C2)cc1.Cl. The van der Waals surface area contributed by atoms with Crippen molar-refractivity contribution in [3.63, 3.8) is 0 Å². The largest absolute Gasteiger partial charge is 0.491 e. The van der Waals surface area contributed by atoms with Crippen molar-refractivity contribution in [2.24, 2.45) is 11.8 Å². The number of hydrogen-bond acceptors (Lipinski definition) is 4. The lowest BCUT2D eigenvalue weighted by Gasteiger charge is -2.17. The van der Waals surface area contributed by atoms with Gasteiger partial charge in [0.05, 0.1) is 6.61 Å². The molecule has 5 nitrogen and oxygen atoms in total. The predicted molar refractivity (Wildman–Crippen MR) is 86.8 cm³/mol. The average molecular weight is 327 g/mol. The molecule has 1 amide bonds. The van der Waals surface area contributed by atoms with Crippen molar-refractivity contribution in [2.75, 3.05) is 46.5 Å². The summed E-state index contributed by atoms with van der Waals surface area (Å²) in [6.07, 6.45) is 0. The number of likely N-dealkylation sites (tertiary alicyclic amines) is 1. The molecule has 2 fully saturated rings. The van der Waals surface area contributed by atoms with Crippen LogP contribution in [0.2, 0.25) is 0 Å². The maximum Gasteiger partial charge on any atom is 0.253 e. The number of amides is 1. The third kappa shape index (κ3) is 3.72. The molecule has 1 N–H and O–H groups in total. The quantitative estimate of drug-likeness (QED) is 0.832. The molecule has 122 valence electrons. The smallest absolute Gasteiger partial charge is 0.253 e. The Kier molecular flexibility index (Phi) is 6.06. The van der Waals surface area contributed by atoms with Crippen molar-refractivity contribution >= 4 is 18.3 Å². The zero-order chi connectivity index (χ0) is 14.7. The van der Waals surface area contributed by atoms with Crippen molar-refractivity contribution in [3.8, 4) is 5.75 Å². The second-order valence-electron chi connectivity index (χ2n) is 5.75. The number of nitrogens with zero attached hydrogens (tertiary/aromatic N) is 1. The summed E-state index contributed by atoms with van der Waals surface area (Å²) in [6, 6.07) is 7.39. The predicted octanol–water partition coefficient (Wildman–Crippen LogP) is 1.42. The van der Waals surface area contributed by atoms with Gasteiger partial charge in [0.15, 0.2) is 0 Å². The Morgan fingerprint density at radius 1 is 1.18 bits per heavy atom. The number of methoxy groups -OCH3 is 1.